The molecule has 0 spiro atoms. The van der Waals surface area contributed by atoms with Gasteiger partial charge in [-0.2, -0.15) is 18.3 Å². The number of hydrogen-bond donors (Lipinski definition) is 1. The third-order valence-corrected chi connectivity index (χ3v) is 1.37. The summed E-state index contributed by atoms with van der Waals surface area (Å²) in [6.07, 6.45) is -2.54. The minimum absolute atomic E-state index is 0.475. The molecule has 1 amide bonds. The number of aromatic nitrogens is 2. The third-order valence-electron chi connectivity index (χ3n) is 1.37. The summed E-state index contributed by atoms with van der Waals surface area (Å²) >= 11 is 0. The van der Waals surface area contributed by atoms with E-state index in [9.17, 15) is 18.0 Å². The Morgan fingerprint density at radius 3 is 2.46 bits per heavy atom. The second-order valence-electron chi connectivity index (χ2n) is 2.33. The highest BCUT2D eigenvalue weighted by Crippen LogP contribution is 2.29. The predicted octanol–water partition coefficient (Wildman–Crippen LogP) is 0.472. The van der Waals surface area contributed by atoms with Gasteiger partial charge in [-0.05, 0) is 6.07 Å². The van der Waals surface area contributed by atoms with E-state index in [1.807, 2.05) is 0 Å². The quantitative estimate of drug-likeness (QED) is 0.742. The standard InChI is InChI=1S/C6H6F3N3O/c7-6(8,9)4(5(10)13)12-3-1-2-11-12/h1-4H,(H2,10,13). The van der Waals surface area contributed by atoms with E-state index < -0.39 is 18.1 Å². The van der Waals surface area contributed by atoms with Crippen LogP contribution in [0.3, 0.4) is 0 Å². The van der Waals surface area contributed by atoms with Gasteiger partial charge in [-0.25, -0.2) is 0 Å². The maximum atomic E-state index is 12.2. The molecule has 0 saturated carbocycles. The Labute approximate surface area is 71.1 Å². The van der Waals surface area contributed by atoms with Gasteiger partial charge in [-0.1, -0.05) is 0 Å². The molecule has 0 radical (unpaired) electrons. The molecular formula is C6H6F3N3O. The molecule has 1 atom stereocenters. The van der Waals surface area contributed by atoms with Crippen molar-refractivity contribution in [2.24, 2.45) is 5.73 Å². The van der Waals surface area contributed by atoms with Crippen LogP contribution in [0.25, 0.3) is 0 Å². The molecule has 0 aromatic carbocycles. The molecule has 0 aliphatic carbocycles. The molecule has 7 heteroatoms. The molecule has 4 nitrogen and oxygen atoms in total. The van der Waals surface area contributed by atoms with Crippen LogP contribution in [0, 0.1) is 0 Å². The van der Waals surface area contributed by atoms with Crippen LogP contribution in [-0.2, 0) is 4.79 Å². The number of nitrogens with two attached hydrogens (primary N) is 1. The average Bonchev–Trinajstić information content (AvgIpc) is 2.34. The normalized spacial score (nSPS) is 14.1. The zero-order valence-electron chi connectivity index (χ0n) is 6.32. The van der Waals surface area contributed by atoms with E-state index in [2.05, 4.69) is 10.8 Å². The zero-order valence-corrected chi connectivity index (χ0v) is 6.32. The lowest BCUT2D eigenvalue weighted by Crippen LogP contribution is -2.38. The van der Waals surface area contributed by atoms with Gasteiger partial charge in [-0.15, -0.1) is 0 Å². The van der Waals surface area contributed by atoms with Gasteiger partial charge in [0.25, 0.3) is 5.91 Å². The highest BCUT2D eigenvalue weighted by molar-refractivity contribution is 5.79. The molecule has 1 aromatic rings. The van der Waals surface area contributed by atoms with E-state index in [1.165, 1.54) is 6.07 Å². The number of carbonyl (C=O) groups excluding carboxylic acids is 1. The molecule has 0 bridgehead atoms. The van der Waals surface area contributed by atoms with Crippen molar-refractivity contribution in [3.63, 3.8) is 0 Å². The van der Waals surface area contributed by atoms with Crippen molar-refractivity contribution in [2.45, 2.75) is 12.2 Å². The Morgan fingerprint density at radius 1 is 1.54 bits per heavy atom. The summed E-state index contributed by atoms with van der Waals surface area (Å²) in [6, 6.07) is -1.11. The van der Waals surface area contributed by atoms with Gasteiger partial charge in [0, 0.05) is 12.4 Å². The first-order chi connectivity index (χ1) is 5.93. The van der Waals surface area contributed by atoms with Crippen molar-refractivity contribution >= 4 is 5.91 Å². The Kier molecular flexibility index (Phi) is 2.26. The van der Waals surface area contributed by atoms with Gasteiger partial charge in [0.05, 0.1) is 0 Å². The molecule has 2 N–H and O–H groups in total. The Balaban J connectivity index is 3.01. The lowest BCUT2D eigenvalue weighted by molar-refractivity contribution is -0.177. The van der Waals surface area contributed by atoms with E-state index in [1.54, 1.807) is 0 Å². The third kappa shape index (κ3) is 1.98. The van der Waals surface area contributed by atoms with Crippen molar-refractivity contribution in [3.8, 4) is 0 Å². The lowest BCUT2D eigenvalue weighted by atomic mass is 10.3. The number of primary amides is 1. The molecule has 0 aliphatic heterocycles. The van der Waals surface area contributed by atoms with Crippen LogP contribution >= 0.6 is 0 Å². The molecule has 1 heterocycles. The van der Waals surface area contributed by atoms with Crippen molar-refractivity contribution in [2.75, 3.05) is 0 Å². The second kappa shape index (κ2) is 3.08. The van der Waals surface area contributed by atoms with Gasteiger partial charge < -0.3 is 5.73 Å². The summed E-state index contributed by atoms with van der Waals surface area (Å²) in [5.74, 6) is -1.48. The number of nitrogens with zero attached hydrogens (tertiary/aromatic N) is 2. The first kappa shape index (κ1) is 9.56. The molecule has 1 aromatic heterocycles. The van der Waals surface area contributed by atoms with E-state index >= 15 is 0 Å². The first-order valence-electron chi connectivity index (χ1n) is 3.28. The fourth-order valence-electron chi connectivity index (χ4n) is 0.875. The first-order valence-corrected chi connectivity index (χ1v) is 3.28. The largest absolute Gasteiger partial charge is 0.419 e. The monoisotopic (exact) mass is 193 g/mol. The summed E-state index contributed by atoms with van der Waals surface area (Å²) in [6.45, 7) is 0. The van der Waals surface area contributed by atoms with Crippen molar-refractivity contribution in [1.29, 1.82) is 0 Å². The van der Waals surface area contributed by atoms with Crippen LogP contribution in [-0.4, -0.2) is 21.9 Å². The summed E-state index contributed by atoms with van der Waals surface area (Å²) in [4.78, 5) is 10.5. The van der Waals surface area contributed by atoms with Crippen molar-refractivity contribution in [3.05, 3.63) is 18.5 Å². The van der Waals surface area contributed by atoms with Crippen molar-refractivity contribution in [1.82, 2.24) is 9.78 Å². The summed E-state index contributed by atoms with van der Waals surface area (Å²) in [5, 5.41) is 3.30. The highest BCUT2D eigenvalue weighted by Gasteiger charge is 2.45. The fourth-order valence-corrected chi connectivity index (χ4v) is 0.875. The smallest absolute Gasteiger partial charge is 0.368 e. The molecule has 0 saturated heterocycles. The molecule has 72 valence electrons. The SMILES string of the molecule is NC(=O)C(n1cccn1)C(F)(F)F. The Bertz CT molecular complexity index is 293. The zero-order chi connectivity index (χ0) is 10.1. The van der Waals surface area contributed by atoms with E-state index in [-0.39, 0.29) is 0 Å². The van der Waals surface area contributed by atoms with Crippen LogP contribution in [0.1, 0.15) is 6.04 Å². The molecule has 1 unspecified atom stereocenters. The van der Waals surface area contributed by atoms with Crippen LogP contribution in [0.5, 0.6) is 0 Å². The van der Waals surface area contributed by atoms with Gasteiger partial charge in [0.15, 0.2) is 0 Å². The van der Waals surface area contributed by atoms with Crippen LogP contribution in [0.4, 0.5) is 13.2 Å². The summed E-state index contributed by atoms with van der Waals surface area (Å²) in [7, 11) is 0. The van der Waals surface area contributed by atoms with Gasteiger partial charge in [0.1, 0.15) is 0 Å². The number of hydrogen-bond acceptors (Lipinski definition) is 2. The summed E-state index contributed by atoms with van der Waals surface area (Å²) in [5.41, 5.74) is 4.59. The van der Waals surface area contributed by atoms with E-state index in [0.717, 1.165) is 12.4 Å². The number of amides is 1. The van der Waals surface area contributed by atoms with Crippen LogP contribution in [0.15, 0.2) is 18.5 Å². The van der Waals surface area contributed by atoms with Crippen molar-refractivity contribution < 1.29 is 18.0 Å². The molecule has 1 rings (SSSR count). The highest BCUT2D eigenvalue weighted by atomic mass is 19.4. The Morgan fingerprint density at radius 2 is 2.15 bits per heavy atom. The fraction of sp³-hybridized carbons (Fsp3) is 0.333. The maximum Gasteiger partial charge on any atom is 0.419 e. The minimum atomic E-state index is -4.71. The van der Waals surface area contributed by atoms with E-state index in [4.69, 9.17) is 0 Å². The molecule has 13 heavy (non-hydrogen) atoms. The number of alkyl halides is 3. The van der Waals surface area contributed by atoms with E-state index in [0.29, 0.717) is 4.68 Å². The summed E-state index contributed by atoms with van der Waals surface area (Å²) < 4.78 is 37.0. The number of rotatable bonds is 2. The maximum absolute atomic E-state index is 12.2. The topological polar surface area (TPSA) is 60.9 Å². The van der Waals surface area contributed by atoms with Gasteiger partial charge >= 0.3 is 6.18 Å². The van der Waals surface area contributed by atoms with Gasteiger partial charge in [0.2, 0.25) is 6.04 Å². The second-order valence-corrected chi connectivity index (χ2v) is 2.33. The number of carbonyl (C=O) groups is 1. The molecule has 0 fully saturated rings. The molecule has 0 aliphatic rings. The molecular weight excluding hydrogens is 187 g/mol. The lowest BCUT2D eigenvalue weighted by Gasteiger charge is -2.16. The predicted molar refractivity (Wildman–Crippen MR) is 36.5 cm³/mol. The minimum Gasteiger partial charge on any atom is -0.368 e. The average molecular weight is 193 g/mol. The number of halogens is 3. The Hall–Kier alpha value is -1.53. The van der Waals surface area contributed by atoms with Crippen LogP contribution < -0.4 is 5.73 Å². The van der Waals surface area contributed by atoms with Crippen LogP contribution in [0.2, 0.25) is 0 Å². The van der Waals surface area contributed by atoms with Gasteiger partial charge in [-0.3, -0.25) is 9.48 Å².